The van der Waals surface area contributed by atoms with E-state index < -0.39 is 28.1 Å². The van der Waals surface area contributed by atoms with Gasteiger partial charge in [-0.3, -0.25) is 9.59 Å². The van der Waals surface area contributed by atoms with E-state index in [4.69, 9.17) is 21.1 Å². The third-order valence-electron chi connectivity index (χ3n) is 6.28. The van der Waals surface area contributed by atoms with Gasteiger partial charge in [0, 0.05) is 18.0 Å². The van der Waals surface area contributed by atoms with Crippen LogP contribution in [0.1, 0.15) is 32.6 Å². The van der Waals surface area contributed by atoms with Gasteiger partial charge in [-0.05, 0) is 62.1 Å². The van der Waals surface area contributed by atoms with E-state index in [0.717, 1.165) is 11.1 Å². The highest BCUT2D eigenvalue weighted by Gasteiger charge is 2.51. The van der Waals surface area contributed by atoms with Gasteiger partial charge < -0.3 is 14.0 Å². The Kier molecular flexibility index (Phi) is 7.79. The molecule has 1 aliphatic carbocycles. The number of halogens is 2. The summed E-state index contributed by atoms with van der Waals surface area (Å²) in [5, 5.41) is 0.143. The maximum Gasteiger partial charge on any atom is 0.248 e. The molecule has 2 aromatic rings. The van der Waals surface area contributed by atoms with E-state index in [2.05, 4.69) is 15.9 Å². The molecule has 3 unspecified atom stereocenters. The van der Waals surface area contributed by atoms with Crippen LogP contribution in [0.5, 0.6) is 0 Å². The summed E-state index contributed by atoms with van der Waals surface area (Å²) in [5.41, 5.74) is 1.94. The topological polar surface area (TPSA) is 69.7 Å². The maximum atomic E-state index is 14.8. The molecule has 34 heavy (non-hydrogen) atoms. The second kappa shape index (κ2) is 9.94. The molecule has 0 fully saturated rings. The summed E-state index contributed by atoms with van der Waals surface area (Å²) < 4.78 is 24.5. The predicted molar refractivity (Wildman–Crippen MR) is 140 cm³/mol. The van der Waals surface area contributed by atoms with Crippen molar-refractivity contribution in [2.45, 2.75) is 37.6 Å². The number of rotatable bonds is 7. The van der Waals surface area contributed by atoms with E-state index in [9.17, 15) is 14.2 Å². The molecule has 0 spiro atoms. The van der Waals surface area contributed by atoms with Gasteiger partial charge in [0.15, 0.2) is 0 Å². The summed E-state index contributed by atoms with van der Waals surface area (Å²) in [7, 11) is -1.62. The molecule has 0 amide bonds. The maximum absolute atomic E-state index is 14.8. The van der Waals surface area contributed by atoms with Crippen LogP contribution in [0.2, 0.25) is 0 Å². The van der Waals surface area contributed by atoms with E-state index >= 15 is 0 Å². The Morgan fingerprint density at radius 3 is 2.18 bits per heavy atom. The van der Waals surface area contributed by atoms with Crippen LogP contribution in [0.25, 0.3) is 0 Å². The van der Waals surface area contributed by atoms with Crippen LogP contribution in [0, 0.1) is 27.7 Å². The zero-order valence-corrected chi connectivity index (χ0v) is 23.2. The minimum Gasteiger partial charge on any atom is -0.496 e. The Labute approximate surface area is 213 Å². The number of aryl methyl sites for hydroxylation is 2. The molecule has 0 saturated carbocycles. The monoisotopic (exact) mass is 564 g/mol. The molecule has 0 aliphatic heterocycles. The lowest BCUT2D eigenvalue weighted by molar-refractivity contribution is -0.110. The first-order chi connectivity index (χ1) is 15.9. The molecule has 3 rings (SSSR count). The summed E-state index contributed by atoms with van der Waals surface area (Å²) in [4.78, 5) is 28.4. The zero-order chi connectivity index (χ0) is 25.4. The van der Waals surface area contributed by atoms with Crippen molar-refractivity contribution in [2.24, 2.45) is 0 Å². The molecule has 8 heteroatoms. The van der Waals surface area contributed by atoms with Crippen molar-refractivity contribution in [2.75, 3.05) is 14.2 Å². The second-order valence-electron chi connectivity index (χ2n) is 8.30. The number of benzene rings is 2. The third kappa shape index (κ3) is 4.37. The Hall–Kier alpha value is -1.98. The van der Waals surface area contributed by atoms with Crippen LogP contribution in [0.4, 0.5) is 0 Å². The van der Waals surface area contributed by atoms with Gasteiger partial charge in [-0.15, -0.1) is 0 Å². The number of carbonyl (C=O) groups excluding carboxylic acids is 2. The van der Waals surface area contributed by atoms with Gasteiger partial charge in [-0.2, -0.15) is 0 Å². The van der Waals surface area contributed by atoms with Gasteiger partial charge in [0.2, 0.25) is 18.2 Å². The first kappa shape index (κ1) is 26.6. The molecule has 180 valence electrons. The fraction of sp³-hybridized carbons (Fsp3) is 0.308. The van der Waals surface area contributed by atoms with Crippen molar-refractivity contribution >= 4 is 51.0 Å². The van der Waals surface area contributed by atoms with Crippen molar-refractivity contribution in [3.63, 3.8) is 0 Å². The molecule has 0 saturated heterocycles. The highest BCUT2D eigenvalue weighted by atomic mass is 79.9. The Bertz CT molecular complexity index is 1260. The number of allylic oxidation sites excluding steroid dienone is 1. The summed E-state index contributed by atoms with van der Waals surface area (Å²) >= 11 is 9.94. The molecular weight excluding hydrogens is 539 g/mol. The average molecular weight is 566 g/mol. The van der Waals surface area contributed by atoms with Crippen molar-refractivity contribution < 1.29 is 23.6 Å². The van der Waals surface area contributed by atoms with Crippen LogP contribution < -0.4 is 5.30 Å². The largest absolute Gasteiger partial charge is 0.496 e. The highest BCUT2D eigenvalue weighted by molar-refractivity contribution is 9.10. The smallest absolute Gasteiger partial charge is 0.248 e. The second-order valence-corrected chi connectivity index (χ2v) is 13.2. The lowest BCUT2D eigenvalue weighted by atomic mass is 9.95. The van der Waals surface area contributed by atoms with Crippen LogP contribution in [-0.2, 0) is 18.8 Å². The molecule has 2 aromatic carbocycles. The van der Waals surface area contributed by atoms with Crippen molar-refractivity contribution in [3.05, 3.63) is 87.7 Å². The van der Waals surface area contributed by atoms with E-state index in [0.29, 0.717) is 16.7 Å². The van der Waals surface area contributed by atoms with Crippen molar-refractivity contribution in [3.8, 4) is 0 Å². The summed E-state index contributed by atoms with van der Waals surface area (Å²) in [6, 6.07) is 9.99. The van der Waals surface area contributed by atoms with E-state index in [1.54, 1.807) is 31.2 Å². The Morgan fingerprint density at radius 2 is 1.62 bits per heavy atom. The van der Waals surface area contributed by atoms with E-state index in [1.165, 1.54) is 32.4 Å². The fourth-order valence-corrected chi connectivity index (χ4v) is 7.54. The van der Waals surface area contributed by atoms with E-state index in [-0.39, 0.29) is 16.6 Å². The summed E-state index contributed by atoms with van der Waals surface area (Å²) in [6.45, 7) is 7.46. The minimum absolute atomic E-state index is 0.0564. The van der Waals surface area contributed by atoms with Gasteiger partial charge in [-0.1, -0.05) is 63.9 Å². The predicted octanol–water partition coefficient (Wildman–Crippen LogP) is 6.09. The standard InChI is InChI=1S/C26H27BrClO5P/c1-15-14-16(2)21(18(4)17(15)3)24(29)34(31,19-10-8-7-9-11-19)25(30)22-20(32-5)12-13-26(27,28)23(22)33-6/h7-14,23H,1-6H3. The molecule has 0 N–H and O–H groups in total. The number of carbonyl (C=O) groups is 2. The third-order valence-corrected chi connectivity index (χ3v) is 9.92. The van der Waals surface area contributed by atoms with Gasteiger partial charge >= 0.3 is 0 Å². The number of hydrogen-bond donors (Lipinski definition) is 0. The van der Waals surface area contributed by atoms with Crippen LogP contribution in [0.15, 0.2) is 59.9 Å². The van der Waals surface area contributed by atoms with Gasteiger partial charge in [-0.25, -0.2) is 0 Å². The number of alkyl halides is 2. The van der Waals surface area contributed by atoms with Gasteiger partial charge in [0.05, 0.1) is 12.7 Å². The Balaban J connectivity index is 2.35. The van der Waals surface area contributed by atoms with Gasteiger partial charge in [0.1, 0.15) is 15.6 Å². The molecule has 0 heterocycles. The molecule has 5 nitrogen and oxygen atoms in total. The number of methoxy groups -OCH3 is 2. The summed E-state index contributed by atoms with van der Waals surface area (Å²) in [6.07, 6.45) is 2.04. The van der Waals surface area contributed by atoms with E-state index in [1.807, 2.05) is 26.8 Å². The quantitative estimate of drug-likeness (QED) is 0.300. The van der Waals surface area contributed by atoms with Crippen LogP contribution in [-0.4, -0.2) is 35.2 Å². The molecule has 0 aromatic heterocycles. The zero-order valence-electron chi connectivity index (χ0n) is 19.9. The van der Waals surface area contributed by atoms with Crippen LogP contribution >= 0.6 is 34.7 Å². The summed E-state index contributed by atoms with van der Waals surface area (Å²) in [5.74, 6) is 0.144. The average Bonchev–Trinajstić information content (AvgIpc) is 2.81. The lowest BCUT2D eigenvalue weighted by Crippen LogP contribution is -2.40. The molecule has 0 bridgehead atoms. The molecule has 3 atom stereocenters. The van der Waals surface area contributed by atoms with Gasteiger partial charge in [0.25, 0.3) is 0 Å². The minimum atomic E-state index is -4.40. The first-order valence-electron chi connectivity index (χ1n) is 10.6. The normalized spacial score (nSPS) is 21.8. The molecular formula is C26H27BrClO5P. The fourth-order valence-electron chi connectivity index (χ4n) is 4.26. The molecule has 0 radical (unpaired) electrons. The SMILES string of the molecule is COC1=C(C(=O)P(=O)(C(=O)c2c(C)cc(C)c(C)c2C)c2ccccc2)C(OC)C(Cl)(Br)C=C1. The Morgan fingerprint density at radius 1 is 1.00 bits per heavy atom. The lowest BCUT2D eigenvalue weighted by Gasteiger charge is -2.33. The number of ether oxygens (including phenoxy) is 2. The van der Waals surface area contributed by atoms with Crippen LogP contribution in [0.3, 0.4) is 0 Å². The first-order valence-corrected chi connectivity index (χ1v) is 13.5. The highest BCUT2D eigenvalue weighted by Crippen LogP contribution is 2.55. The van der Waals surface area contributed by atoms with Crippen molar-refractivity contribution in [1.82, 2.24) is 0 Å². The van der Waals surface area contributed by atoms with Crippen molar-refractivity contribution in [1.29, 1.82) is 0 Å². The molecule has 1 aliphatic rings. The number of hydrogen-bond acceptors (Lipinski definition) is 5.